The minimum atomic E-state index is -0.764. The summed E-state index contributed by atoms with van der Waals surface area (Å²) in [5.41, 5.74) is 0. The Hall–Kier alpha value is -1.14. The fourth-order valence-electron chi connectivity index (χ4n) is 4.10. The summed E-state index contributed by atoms with van der Waals surface area (Å²) in [6.07, 6.45) is 6.70. The molecule has 6 heteroatoms. The molecule has 0 bridgehead atoms. The van der Waals surface area contributed by atoms with Gasteiger partial charge in [0.25, 0.3) is 0 Å². The van der Waals surface area contributed by atoms with Crippen LogP contribution in [0.15, 0.2) is 0 Å². The largest absolute Gasteiger partial charge is 0.480 e. The van der Waals surface area contributed by atoms with Gasteiger partial charge in [0.2, 0.25) is 5.91 Å². The summed E-state index contributed by atoms with van der Waals surface area (Å²) in [6.45, 7) is 7.33. The third-order valence-electron chi connectivity index (χ3n) is 5.64. The maximum Gasteiger partial charge on any atom is 0.317 e. The molecule has 0 spiro atoms. The van der Waals surface area contributed by atoms with Crippen LogP contribution in [0.25, 0.3) is 0 Å². The highest BCUT2D eigenvalue weighted by atomic mass is 16.4. The van der Waals surface area contributed by atoms with Crippen molar-refractivity contribution in [1.29, 1.82) is 0 Å². The molecule has 138 valence electrons. The van der Waals surface area contributed by atoms with Crippen LogP contribution in [0.3, 0.4) is 0 Å². The topological polar surface area (TPSA) is 72.9 Å². The SMILES string of the molecule is CCN(CC(=O)O)C1CCN(CC(=O)NC2CCCCC2C)CC1. The molecule has 1 amide bonds. The summed E-state index contributed by atoms with van der Waals surface area (Å²) in [5, 5.41) is 12.2. The number of amides is 1. The van der Waals surface area contributed by atoms with Gasteiger partial charge in [-0.2, -0.15) is 0 Å². The van der Waals surface area contributed by atoms with Crippen LogP contribution in [0, 0.1) is 5.92 Å². The van der Waals surface area contributed by atoms with Crippen molar-refractivity contribution in [3.05, 3.63) is 0 Å². The van der Waals surface area contributed by atoms with Crippen LogP contribution in [0.5, 0.6) is 0 Å². The monoisotopic (exact) mass is 339 g/mol. The summed E-state index contributed by atoms with van der Waals surface area (Å²) in [6, 6.07) is 0.665. The molecule has 24 heavy (non-hydrogen) atoms. The van der Waals surface area contributed by atoms with Crippen LogP contribution in [-0.2, 0) is 9.59 Å². The number of carbonyl (C=O) groups is 2. The van der Waals surface area contributed by atoms with Crippen LogP contribution in [0.2, 0.25) is 0 Å². The minimum Gasteiger partial charge on any atom is -0.480 e. The second-order valence-corrected chi connectivity index (χ2v) is 7.40. The zero-order chi connectivity index (χ0) is 17.5. The van der Waals surface area contributed by atoms with E-state index in [2.05, 4.69) is 17.1 Å². The molecule has 0 aromatic carbocycles. The molecule has 2 N–H and O–H groups in total. The predicted octanol–water partition coefficient (Wildman–Crippen LogP) is 1.55. The smallest absolute Gasteiger partial charge is 0.317 e. The van der Waals surface area contributed by atoms with Gasteiger partial charge in [-0.25, -0.2) is 0 Å². The second-order valence-electron chi connectivity index (χ2n) is 7.40. The number of hydrogen-bond donors (Lipinski definition) is 2. The van der Waals surface area contributed by atoms with Gasteiger partial charge in [-0.05, 0) is 38.1 Å². The van der Waals surface area contributed by atoms with E-state index >= 15 is 0 Å². The Labute approximate surface area is 145 Å². The Morgan fingerprint density at radius 2 is 1.83 bits per heavy atom. The average Bonchev–Trinajstić information content (AvgIpc) is 2.55. The van der Waals surface area contributed by atoms with Crippen LogP contribution in [0.4, 0.5) is 0 Å². The molecule has 1 aliphatic carbocycles. The van der Waals surface area contributed by atoms with E-state index in [-0.39, 0.29) is 12.5 Å². The summed E-state index contributed by atoms with van der Waals surface area (Å²) < 4.78 is 0. The van der Waals surface area contributed by atoms with E-state index in [1.807, 2.05) is 11.8 Å². The Bertz CT molecular complexity index is 422. The van der Waals surface area contributed by atoms with Crippen molar-refractivity contribution in [1.82, 2.24) is 15.1 Å². The first kappa shape index (κ1) is 19.2. The number of hydrogen-bond acceptors (Lipinski definition) is 4. The van der Waals surface area contributed by atoms with Crippen molar-refractivity contribution >= 4 is 11.9 Å². The molecule has 2 rings (SSSR count). The van der Waals surface area contributed by atoms with Crippen molar-refractivity contribution < 1.29 is 14.7 Å². The number of carboxylic acids is 1. The van der Waals surface area contributed by atoms with Gasteiger partial charge >= 0.3 is 5.97 Å². The molecule has 1 aliphatic heterocycles. The van der Waals surface area contributed by atoms with Gasteiger partial charge in [-0.1, -0.05) is 26.7 Å². The normalized spacial score (nSPS) is 26.5. The molecule has 6 nitrogen and oxygen atoms in total. The van der Waals surface area contributed by atoms with Gasteiger partial charge in [0.05, 0.1) is 13.1 Å². The van der Waals surface area contributed by atoms with Crippen LogP contribution < -0.4 is 5.32 Å². The summed E-state index contributed by atoms with van der Waals surface area (Å²) in [5.74, 6) is -0.0343. The lowest BCUT2D eigenvalue weighted by atomic mass is 9.86. The number of carbonyl (C=O) groups excluding carboxylic acids is 1. The van der Waals surface area contributed by atoms with Crippen molar-refractivity contribution in [2.75, 3.05) is 32.7 Å². The summed E-state index contributed by atoms with van der Waals surface area (Å²) in [7, 11) is 0. The zero-order valence-corrected chi connectivity index (χ0v) is 15.2. The van der Waals surface area contributed by atoms with Gasteiger partial charge in [-0.3, -0.25) is 19.4 Å². The number of aliphatic carboxylic acids is 1. The highest BCUT2D eigenvalue weighted by Gasteiger charge is 2.27. The van der Waals surface area contributed by atoms with Crippen LogP contribution in [-0.4, -0.2) is 71.6 Å². The van der Waals surface area contributed by atoms with E-state index in [4.69, 9.17) is 5.11 Å². The number of nitrogens with one attached hydrogen (secondary N) is 1. The molecule has 1 heterocycles. The maximum absolute atomic E-state index is 12.3. The van der Waals surface area contributed by atoms with E-state index < -0.39 is 5.97 Å². The minimum absolute atomic E-state index is 0.112. The third kappa shape index (κ3) is 5.74. The molecule has 1 saturated heterocycles. The first-order chi connectivity index (χ1) is 11.5. The van der Waals surface area contributed by atoms with E-state index in [0.717, 1.165) is 38.9 Å². The first-order valence-electron chi connectivity index (χ1n) is 9.47. The molecule has 1 saturated carbocycles. The maximum atomic E-state index is 12.3. The quantitative estimate of drug-likeness (QED) is 0.736. The van der Waals surface area contributed by atoms with E-state index in [1.54, 1.807) is 0 Å². The molecular formula is C18H33N3O3. The number of nitrogens with zero attached hydrogens (tertiary/aromatic N) is 2. The molecule has 2 aliphatic rings. The Morgan fingerprint density at radius 3 is 2.42 bits per heavy atom. The average molecular weight is 339 g/mol. The van der Waals surface area contributed by atoms with Gasteiger partial charge in [0.1, 0.15) is 0 Å². The molecule has 0 aromatic rings. The zero-order valence-electron chi connectivity index (χ0n) is 15.2. The Kier molecular flexibility index (Phi) is 7.49. The van der Waals surface area contributed by atoms with Crippen molar-refractivity contribution in [2.24, 2.45) is 5.92 Å². The van der Waals surface area contributed by atoms with Crippen molar-refractivity contribution in [3.8, 4) is 0 Å². The van der Waals surface area contributed by atoms with Crippen molar-refractivity contribution in [3.63, 3.8) is 0 Å². The Morgan fingerprint density at radius 1 is 1.17 bits per heavy atom. The van der Waals surface area contributed by atoms with Gasteiger partial charge in [0, 0.05) is 25.2 Å². The third-order valence-corrected chi connectivity index (χ3v) is 5.64. The van der Waals surface area contributed by atoms with Crippen LogP contribution >= 0.6 is 0 Å². The molecule has 0 aromatic heterocycles. The predicted molar refractivity (Wildman–Crippen MR) is 93.9 cm³/mol. The second kappa shape index (κ2) is 9.37. The summed E-state index contributed by atoms with van der Waals surface area (Å²) in [4.78, 5) is 27.5. The lowest BCUT2D eigenvalue weighted by molar-refractivity contribution is -0.139. The van der Waals surface area contributed by atoms with E-state index in [1.165, 1.54) is 19.3 Å². The van der Waals surface area contributed by atoms with Crippen LogP contribution in [0.1, 0.15) is 52.4 Å². The highest BCUT2D eigenvalue weighted by Crippen LogP contribution is 2.23. The molecular weight excluding hydrogens is 306 g/mol. The summed E-state index contributed by atoms with van der Waals surface area (Å²) >= 11 is 0. The standard InChI is InChI=1S/C18H33N3O3/c1-3-21(13-18(23)24)15-8-10-20(11-9-15)12-17(22)19-16-7-5-4-6-14(16)2/h14-16H,3-13H2,1-2H3,(H,19,22)(H,23,24). The van der Waals surface area contributed by atoms with Crippen molar-refractivity contribution in [2.45, 2.75) is 64.5 Å². The number of carboxylic acid groups (broad SMARTS) is 1. The number of piperidine rings is 1. The Balaban J connectivity index is 1.72. The van der Waals surface area contributed by atoms with Gasteiger partial charge in [0.15, 0.2) is 0 Å². The molecule has 2 atom stereocenters. The molecule has 0 radical (unpaired) electrons. The number of likely N-dealkylation sites (tertiary alicyclic amines) is 1. The lowest BCUT2D eigenvalue weighted by Crippen LogP contribution is -2.50. The van der Waals surface area contributed by atoms with E-state index in [0.29, 0.717) is 24.5 Å². The highest BCUT2D eigenvalue weighted by molar-refractivity contribution is 5.78. The number of likely N-dealkylation sites (N-methyl/N-ethyl adjacent to an activating group) is 1. The van der Waals surface area contributed by atoms with E-state index in [9.17, 15) is 9.59 Å². The fourth-order valence-corrected chi connectivity index (χ4v) is 4.10. The van der Waals surface area contributed by atoms with Gasteiger partial charge < -0.3 is 10.4 Å². The molecule has 2 unspecified atom stereocenters. The molecule has 2 fully saturated rings. The lowest BCUT2D eigenvalue weighted by Gasteiger charge is -2.37. The van der Waals surface area contributed by atoms with Gasteiger partial charge in [-0.15, -0.1) is 0 Å². The number of rotatable bonds is 7. The first-order valence-corrected chi connectivity index (χ1v) is 9.47. The fraction of sp³-hybridized carbons (Fsp3) is 0.889.